The van der Waals surface area contributed by atoms with Crippen LogP contribution < -0.4 is 0 Å². The molecule has 0 aromatic carbocycles. The quantitative estimate of drug-likeness (QED) is 0.441. The van der Waals surface area contributed by atoms with E-state index in [2.05, 4.69) is 13.5 Å². The summed E-state index contributed by atoms with van der Waals surface area (Å²) in [5, 5.41) is 18.2. The van der Waals surface area contributed by atoms with Crippen molar-refractivity contribution in [2.24, 2.45) is 0 Å². The first-order chi connectivity index (χ1) is 5.72. The van der Waals surface area contributed by atoms with Crippen molar-refractivity contribution in [1.82, 2.24) is 0 Å². The second-order valence-electron chi connectivity index (χ2n) is 2.72. The maximum Gasteiger partial charge on any atom is 0.107 e. The van der Waals surface area contributed by atoms with Crippen molar-refractivity contribution in [2.45, 2.75) is 32.0 Å². The minimum Gasteiger partial charge on any atom is -0.388 e. The Hall–Kier alpha value is -0.380. The van der Waals surface area contributed by atoms with Gasteiger partial charge in [-0.15, -0.1) is 6.58 Å². The monoisotopic (exact) mass is 174 g/mol. The lowest BCUT2D eigenvalue weighted by molar-refractivity contribution is -0.0201. The molecule has 0 aromatic rings. The Bertz CT molecular complexity index is 114. The summed E-state index contributed by atoms with van der Waals surface area (Å²) >= 11 is 0. The average molecular weight is 174 g/mol. The van der Waals surface area contributed by atoms with Crippen LogP contribution in [0.25, 0.3) is 0 Å². The Kier molecular flexibility index (Phi) is 7.05. The summed E-state index contributed by atoms with van der Waals surface area (Å²) in [5.41, 5.74) is 0. The van der Waals surface area contributed by atoms with Gasteiger partial charge in [0.2, 0.25) is 0 Å². The zero-order valence-electron chi connectivity index (χ0n) is 7.57. The smallest absolute Gasteiger partial charge is 0.107 e. The van der Waals surface area contributed by atoms with Crippen molar-refractivity contribution >= 4 is 0 Å². The van der Waals surface area contributed by atoms with Gasteiger partial charge >= 0.3 is 0 Å². The lowest BCUT2D eigenvalue weighted by atomic mass is 10.2. The minimum absolute atomic E-state index is 0.174. The van der Waals surface area contributed by atoms with Crippen molar-refractivity contribution in [1.29, 1.82) is 0 Å². The molecule has 2 atom stereocenters. The van der Waals surface area contributed by atoms with Crippen molar-refractivity contribution in [2.75, 3.05) is 13.2 Å². The normalized spacial score (nSPS) is 15.6. The van der Waals surface area contributed by atoms with Crippen molar-refractivity contribution in [3.63, 3.8) is 0 Å². The van der Waals surface area contributed by atoms with Crippen LogP contribution in [0.5, 0.6) is 0 Å². The summed E-state index contributed by atoms with van der Waals surface area (Å²) in [6.07, 6.45) is 1.62. The molecule has 0 spiro atoms. The first kappa shape index (κ1) is 11.6. The van der Waals surface area contributed by atoms with E-state index in [4.69, 9.17) is 9.84 Å². The molecule has 0 aromatic heterocycles. The summed E-state index contributed by atoms with van der Waals surface area (Å²) < 4.78 is 5.10. The Labute approximate surface area is 73.7 Å². The predicted molar refractivity (Wildman–Crippen MR) is 47.9 cm³/mol. The number of aliphatic hydroxyl groups is 2. The molecule has 0 fully saturated rings. The summed E-state index contributed by atoms with van der Waals surface area (Å²) in [4.78, 5) is 0. The van der Waals surface area contributed by atoms with E-state index in [-0.39, 0.29) is 6.61 Å². The van der Waals surface area contributed by atoms with Gasteiger partial charge in [0.25, 0.3) is 0 Å². The molecule has 0 amide bonds. The van der Waals surface area contributed by atoms with E-state index in [0.29, 0.717) is 6.61 Å². The summed E-state index contributed by atoms with van der Waals surface area (Å²) in [6.45, 7) is 6.24. The maximum atomic E-state index is 9.17. The molecule has 3 heteroatoms. The van der Waals surface area contributed by atoms with Crippen LogP contribution in [0.2, 0.25) is 0 Å². The first-order valence-corrected chi connectivity index (χ1v) is 4.28. The van der Waals surface area contributed by atoms with Crippen molar-refractivity contribution in [3.05, 3.63) is 12.7 Å². The van der Waals surface area contributed by atoms with Crippen LogP contribution in [0.3, 0.4) is 0 Å². The van der Waals surface area contributed by atoms with E-state index < -0.39 is 12.2 Å². The summed E-state index contributed by atoms with van der Waals surface area (Å²) in [7, 11) is 0. The van der Waals surface area contributed by atoms with Crippen LogP contribution in [0.1, 0.15) is 19.8 Å². The van der Waals surface area contributed by atoms with Gasteiger partial charge in [0.1, 0.15) is 6.10 Å². The third kappa shape index (κ3) is 5.29. The number of rotatable bonds is 7. The number of aliphatic hydroxyl groups excluding tert-OH is 2. The molecule has 0 unspecified atom stereocenters. The molecule has 0 saturated heterocycles. The van der Waals surface area contributed by atoms with Gasteiger partial charge in [0.15, 0.2) is 0 Å². The molecule has 12 heavy (non-hydrogen) atoms. The largest absolute Gasteiger partial charge is 0.388 e. The summed E-state index contributed by atoms with van der Waals surface area (Å²) in [6, 6.07) is 0. The Balaban J connectivity index is 3.30. The molecular formula is C9H18O3. The highest BCUT2D eigenvalue weighted by Crippen LogP contribution is 1.96. The molecule has 0 radical (unpaired) electrons. The van der Waals surface area contributed by atoms with E-state index >= 15 is 0 Å². The topological polar surface area (TPSA) is 49.7 Å². The fourth-order valence-electron chi connectivity index (χ4n) is 0.706. The zero-order valence-corrected chi connectivity index (χ0v) is 7.57. The van der Waals surface area contributed by atoms with Gasteiger partial charge in [-0.1, -0.05) is 19.4 Å². The van der Waals surface area contributed by atoms with E-state index in [1.54, 1.807) is 0 Å². The molecule has 0 aliphatic heterocycles. The lowest BCUT2D eigenvalue weighted by Crippen LogP contribution is -2.28. The van der Waals surface area contributed by atoms with E-state index in [0.717, 1.165) is 12.8 Å². The van der Waals surface area contributed by atoms with E-state index in [1.165, 1.54) is 6.08 Å². The van der Waals surface area contributed by atoms with Crippen LogP contribution in [0.15, 0.2) is 12.7 Å². The Morgan fingerprint density at radius 3 is 2.67 bits per heavy atom. The maximum absolute atomic E-state index is 9.17. The van der Waals surface area contributed by atoms with Gasteiger partial charge in [-0.3, -0.25) is 0 Å². The van der Waals surface area contributed by atoms with Crippen LogP contribution in [0, 0.1) is 0 Å². The molecule has 0 bridgehead atoms. The molecule has 72 valence electrons. The SMILES string of the molecule is C=C[C@@H](O)[C@@H](O)COCCCC. The predicted octanol–water partition coefficient (Wildman–Crippen LogP) is 0.711. The minimum atomic E-state index is -0.883. The molecule has 0 saturated carbocycles. The van der Waals surface area contributed by atoms with Gasteiger partial charge in [0.05, 0.1) is 12.7 Å². The van der Waals surface area contributed by atoms with Gasteiger partial charge in [0, 0.05) is 6.61 Å². The van der Waals surface area contributed by atoms with E-state index in [1.807, 2.05) is 0 Å². The fourth-order valence-corrected chi connectivity index (χ4v) is 0.706. The molecule has 0 aliphatic rings. The third-order valence-corrected chi connectivity index (χ3v) is 1.57. The van der Waals surface area contributed by atoms with Crippen molar-refractivity contribution < 1.29 is 14.9 Å². The molecule has 0 aliphatic carbocycles. The van der Waals surface area contributed by atoms with Crippen LogP contribution >= 0.6 is 0 Å². The zero-order chi connectivity index (χ0) is 9.40. The van der Waals surface area contributed by atoms with Crippen LogP contribution in [-0.2, 0) is 4.74 Å². The molecular weight excluding hydrogens is 156 g/mol. The number of hydrogen-bond donors (Lipinski definition) is 2. The number of hydrogen-bond acceptors (Lipinski definition) is 3. The second-order valence-corrected chi connectivity index (χ2v) is 2.72. The molecule has 2 N–H and O–H groups in total. The Morgan fingerprint density at radius 2 is 2.17 bits per heavy atom. The van der Waals surface area contributed by atoms with Crippen LogP contribution in [-0.4, -0.2) is 35.6 Å². The fraction of sp³-hybridized carbons (Fsp3) is 0.778. The molecule has 3 nitrogen and oxygen atoms in total. The summed E-state index contributed by atoms with van der Waals surface area (Å²) in [5.74, 6) is 0. The lowest BCUT2D eigenvalue weighted by Gasteiger charge is -2.13. The first-order valence-electron chi connectivity index (χ1n) is 4.28. The molecule has 0 heterocycles. The average Bonchev–Trinajstić information content (AvgIpc) is 2.10. The Morgan fingerprint density at radius 1 is 1.50 bits per heavy atom. The van der Waals surface area contributed by atoms with E-state index in [9.17, 15) is 5.11 Å². The number of unbranched alkanes of at least 4 members (excludes halogenated alkanes) is 1. The second kappa shape index (κ2) is 7.28. The van der Waals surface area contributed by atoms with Crippen molar-refractivity contribution in [3.8, 4) is 0 Å². The van der Waals surface area contributed by atoms with Gasteiger partial charge in [-0.05, 0) is 6.42 Å². The van der Waals surface area contributed by atoms with Gasteiger partial charge in [-0.2, -0.15) is 0 Å². The molecule has 0 rings (SSSR count). The highest BCUT2D eigenvalue weighted by Gasteiger charge is 2.11. The van der Waals surface area contributed by atoms with Gasteiger partial charge < -0.3 is 14.9 Å². The standard InChI is InChI=1S/C9H18O3/c1-3-5-6-12-7-9(11)8(10)4-2/h4,8-11H,2-3,5-7H2,1H3/t8-,9+/m1/s1. The van der Waals surface area contributed by atoms with Crippen LogP contribution in [0.4, 0.5) is 0 Å². The number of ether oxygens (including phenoxy) is 1. The third-order valence-electron chi connectivity index (χ3n) is 1.57. The van der Waals surface area contributed by atoms with Gasteiger partial charge in [-0.25, -0.2) is 0 Å². The highest BCUT2D eigenvalue weighted by molar-refractivity contribution is 4.83. The highest BCUT2D eigenvalue weighted by atomic mass is 16.5.